The monoisotopic (exact) mass is 519 g/mol. The van der Waals surface area contributed by atoms with Gasteiger partial charge in [-0.3, -0.25) is 14.9 Å². The molecule has 0 bridgehead atoms. The van der Waals surface area contributed by atoms with Crippen LogP contribution in [0, 0.1) is 0 Å². The van der Waals surface area contributed by atoms with Crippen LogP contribution in [0.3, 0.4) is 0 Å². The molecule has 1 unspecified atom stereocenters. The predicted octanol–water partition coefficient (Wildman–Crippen LogP) is 6.53. The van der Waals surface area contributed by atoms with Crippen molar-refractivity contribution in [2.24, 2.45) is 0 Å². The minimum Gasteiger partial charge on any atom is -0.444 e. The standard InChI is InChI=1S/C29H30ClN3O4/c1-18(34)31-21-12-9-19(10-13-21)11-14-26(35)33-17-20(16-30)27-23-8-6-5-7-22(23)24(15-25(27)33)32-28(36)37-29(2,3)4/h5-15,20H,16-17H2,1-4H3,(H,31,34)(H,32,36)/b14-11+. The van der Waals surface area contributed by atoms with Crippen LogP contribution in [0.5, 0.6) is 0 Å². The summed E-state index contributed by atoms with van der Waals surface area (Å²) in [6.45, 7) is 7.30. The summed E-state index contributed by atoms with van der Waals surface area (Å²) in [5.74, 6) is -0.0358. The van der Waals surface area contributed by atoms with E-state index in [1.54, 1.807) is 43.9 Å². The quantitative estimate of drug-likeness (QED) is 0.296. The molecule has 8 heteroatoms. The van der Waals surface area contributed by atoms with Gasteiger partial charge < -0.3 is 15.0 Å². The van der Waals surface area contributed by atoms with Gasteiger partial charge in [0.1, 0.15) is 5.60 Å². The van der Waals surface area contributed by atoms with Gasteiger partial charge in [0.25, 0.3) is 5.91 Å². The molecule has 3 amide bonds. The van der Waals surface area contributed by atoms with Gasteiger partial charge in [-0.1, -0.05) is 36.4 Å². The van der Waals surface area contributed by atoms with Crippen LogP contribution in [0.15, 0.2) is 60.7 Å². The van der Waals surface area contributed by atoms with Gasteiger partial charge in [-0.25, -0.2) is 4.79 Å². The van der Waals surface area contributed by atoms with Crippen molar-refractivity contribution in [1.82, 2.24) is 0 Å². The van der Waals surface area contributed by atoms with Crippen molar-refractivity contribution in [2.75, 3.05) is 28.0 Å². The second-order valence-corrected chi connectivity index (χ2v) is 10.3. The Morgan fingerprint density at radius 2 is 1.73 bits per heavy atom. The van der Waals surface area contributed by atoms with Crippen LogP contribution in [0.1, 0.15) is 44.7 Å². The summed E-state index contributed by atoms with van der Waals surface area (Å²) in [5.41, 5.74) is 3.13. The minimum atomic E-state index is -0.645. The average molecular weight is 520 g/mol. The number of benzene rings is 3. The van der Waals surface area contributed by atoms with Gasteiger partial charge in [-0.2, -0.15) is 0 Å². The Labute approximate surface area is 221 Å². The third kappa shape index (κ3) is 6.12. The van der Waals surface area contributed by atoms with Gasteiger partial charge in [0.2, 0.25) is 5.91 Å². The number of rotatable bonds is 5. The molecule has 1 aliphatic heterocycles. The van der Waals surface area contributed by atoms with Crippen LogP contribution in [0.2, 0.25) is 0 Å². The number of ether oxygens (including phenoxy) is 1. The lowest BCUT2D eigenvalue weighted by Gasteiger charge is -2.21. The molecule has 2 N–H and O–H groups in total. The molecule has 0 saturated carbocycles. The Kier molecular flexibility index (Phi) is 7.55. The summed E-state index contributed by atoms with van der Waals surface area (Å²) in [6.07, 6.45) is 2.68. The maximum absolute atomic E-state index is 13.3. The molecular weight excluding hydrogens is 490 g/mol. The molecular formula is C29H30ClN3O4. The Bertz CT molecular complexity index is 1380. The van der Waals surface area contributed by atoms with E-state index in [1.165, 1.54) is 13.0 Å². The van der Waals surface area contributed by atoms with Crippen LogP contribution >= 0.6 is 11.6 Å². The van der Waals surface area contributed by atoms with E-state index in [0.717, 1.165) is 21.9 Å². The fourth-order valence-electron chi connectivity index (χ4n) is 4.44. The number of carbonyl (C=O) groups excluding carboxylic acids is 3. The second kappa shape index (κ2) is 10.6. The summed E-state index contributed by atoms with van der Waals surface area (Å²) in [4.78, 5) is 38.8. The molecule has 0 radical (unpaired) electrons. The maximum atomic E-state index is 13.3. The molecule has 1 heterocycles. The average Bonchev–Trinajstić information content (AvgIpc) is 3.21. The minimum absolute atomic E-state index is 0.0496. The number of amides is 3. The Morgan fingerprint density at radius 1 is 1.05 bits per heavy atom. The highest BCUT2D eigenvalue weighted by Gasteiger charge is 2.34. The number of nitrogens with zero attached hydrogens (tertiary/aromatic N) is 1. The first-order valence-electron chi connectivity index (χ1n) is 12.0. The van der Waals surface area contributed by atoms with E-state index in [1.807, 2.05) is 42.5 Å². The summed E-state index contributed by atoms with van der Waals surface area (Å²) >= 11 is 6.35. The highest BCUT2D eigenvalue weighted by molar-refractivity contribution is 6.19. The van der Waals surface area contributed by atoms with Crippen LogP contribution in [-0.4, -0.2) is 35.9 Å². The molecule has 192 valence electrons. The SMILES string of the molecule is CC(=O)Nc1ccc(/C=C/C(=O)N2CC(CCl)c3c2cc(NC(=O)OC(C)(C)C)c2ccccc32)cc1. The third-order valence-electron chi connectivity index (χ3n) is 5.90. The molecule has 0 aliphatic carbocycles. The number of nitrogens with one attached hydrogen (secondary N) is 2. The van der Waals surface area contributed by atoms with E-state index in [2.05, 4.69) is 10.6 Å². The number of hydrogen-bond acceptors (Lipinski definition) is 4. The normalized spacial score (nSPS) is 15.1. The Hall–Kier alpha value is -3.84. The summed E-state index contributed by atoms with van der Waals surface area (Å²) in [7, 11) is 0. The lowest BCUT2D eigenvalue weighted by Crippen LogP contribution is -2.29. The van der Waals surface area contributed by atoms with Crippen molar-refractivity contribution in [2.45, 2.75) is 39.2 Å². The first kappa shape index (κ1) is 26.2. The van der Waals surface area contributed by atoms with Crippen LogP contribution in [-0.2, 0) is 14.3 Å². The zero-order valence-electron chi connectivity index (χ0n) is 21.3. The lowest BCUT2D eigenvalue weighted by atomic mass is 9.95. The van der Waals surface area contributed by atoms with Gasteiger partial charge in [0, 0.05) is 42.4 Å². The topological polar surface area (TPSA) is 87.7 Å². The van der Waals surface area contributed by atoms with Crippen molar-refractivity contribution in [1.29, 1.82) is 0 Å². The van der Waals surface area contributed by atoms with Crippen molar-refractivity contribution in [3.05, 3.63) is 71.8 Å². The van der Waals surface area contributed by atoms with E-state index in [-0.39, 0.29) is 17.7 Å². The van der Waals surface area contributed by atoms with Crippen molar-refractivity contribution >= 4 is 63.4 Å². The molecule has 0 spiro atoms. The second-order valence-electron chi connectivity index (χ2n) is 9.97. The number of halogens is 1. The maximum Gasteiger partial charge on any atom is 0.412 e. The fourth-order valence-corrected chi connectivity index (χ4v) is 4.69. The molecule has 4 rings (SSSR count). The Balaban J connectivity index is 1.66. The lowest BCUT2D eigenvalue weighted by molar-refractivity contribution is -0.115. The van der Waals surface area contributed by atoms with Gasteiger partial charge in [0.05, 0.1) is 11.4 Å². The van der Waals surface area contributed by atoms with E-state index >= 15 is 0 Å². The largest absolute Gasteiger partial charge is 0.444 e. The third-order valence-corrected chi connectivity index (χ3v) is 6.28. The molecule has 1 aliphatic rings. The van der Waals surface area contributed by atoms with Gasteiger partial charge >= 0.3 is 6.09 Å². The molecule has 0 saturated heterocycles. The fraction of sp³-hybridized carbons (Fsp3) is 0.276. The molecule has 0 aromatic heterocycles. The van der Waals surface area contributed by atoms with Crippen LogP contribution in [0.4, 0.5) is 21.9 Å². The number of carbonyl (C=O) groups is 3. The highest BCUT2D eigenvalue weighted by atomic mass is 35.5. The van der Waals surface area contributed by atoms with Gasteiger partial charge in [-0.05, 0) is 61.6 Å². The molecule has 3 aromatic carbocycles. The number of anilines is 3. The first-order chi connectivity index (χ1) is 17.6. The molecule has 7 nitrogen and oxygen atoms in total. The zero-order valence-corrected chi connectivity index (χ0v) is 22.1. The van der Waals surface area contributed by atoms with Crippen molar-refractivity contribution < 1.29 is 19.1 Å². The summed E-state index contributed by atoms with van der Waals surface area (Å²) in [6, 6.07) is 16.8. The molecule has 3 aromatic rings. The van der Waals surface area contributed by atoms with Crippen LogP contribution in [0.25, 0.3) is 16.8 Å². The van der Waals surface area contributed by atoms with Crippen molar-refractivity contribution in [3.63, 3.8) is 0 Å². The van der Waals surface area contributed by atoms with Crippen molar-refractivity contribution in [3.8, 4) is 0 Å². The number of hydrogen-bond donors (Lipinski definition) is 2. The van der Waals surface area contributed by atoms with Gasteiger partial charge in [-0.15, -0.1) is 11.6 Å². The highest BCUT2D eigenvalue weighted by Crippen LogP contribution is 2.45. The molecule has 37 heavy (non-hydrogen) atoms. The van der Waals surface area contributed by atoms with E-state index in [4.69, 9.17) is 16.3 Å². The van der Waals surface area contributed by atoms with E-state index < -0.39 is 11.7 Å². The first-order valence-corrected chi connectivity index (χ1v) is 12.6. The smallest absolute Gasteiger partial charge is 0.412 e. The summed E-state index contributed by atoms with van der Waals surface area (Å²) in [5, 5.41) is 7.37. The van der Waals surface area contributed by atoms with Crippen LogP contribution < -0.4 is 15.5 Å². The van der Waals surface area contributed by atoms with E-state index in [0.29, 0.717) is 29.5 Å². The summed E-state index contributed by atoms with van der Waals surface area (Å²) < 4.78 is 5.46. The van der Waals surface area contributed by atoms with Gasteiger partial charge in [0.15, 0.2) is 0 Å². The molecule has 0 fully saturated rings. The number of fused-ring (bicyclic) bond motifs is 3. The zero-order chi connectivity index (χ0) is 26.7. The number of alkyl halides is 1. The molecule has 1 atom stereocenters. The Morgan fingerprint density at radius 3 is 2.35 bits per heavy atom. The predicted molar refractivity (Wildman–Crippen MR) is 149 cm³/mol. The van der Waals surface area contributed by atoms with E-state index in [9.17, 15) is 14.4 Å².